The second kappa shape index (κ2) is 5.80. The molecule has 0 bridgehead atoms. The molecule has 1 atom stereocenters. The summed E-state index contributed by atoms with van der Waals surface area (Å²) in [5.41, 5.74) is 1.64. The second-order valence-corrected chi connectivity index (χ2v) is 4.34. The molecular formula is C12H21N3O. The fourth-order valence-corrected chi connectivity index (χ4v) is 1.76. The van der Waals surface area contributed by atoms with Crippen molar-refractivity contribution in [3.8, 4) is 0 Å². The average Bonchev–Trinajstić information content (AvgIpc) is 2.20. The third-order valence-corrected chi connectivity index (χ3v) is 2.58. The van der Waals surface area contributed by atoms with E-state index < -0.39 is 0 Å². The van der Waals surface area contributed by atoms with Gasteiger partial charge < -0.3 is 5.32 Å². The minimum absolute atomic E-state index is 0.138. The van der Waals surface area contributed by atoms with Crippen molar-refractivity contribution in [2.75, 3.05) is 13.1 Å². The van der Waals surface area contributed by atoms with Crippen molar-refractivity contribution >= 4 is 0 Å². The van der Waals surface area contributed by atoms with E-state index in [0.717, 1.165) is 31.0 Å². The highest BCUT2D eigenvalue weighted by Crippen LogP contribution is 2.02. The van der Waals surface area contributed by atoms with E-state index in [2.05, 4.69) is 24.1 Å². The van der Waals surface area contributed by atoms with Gasteiger partial charge >= 0.3 is 5.69 Å². The summed E-state index contributed by atoms with van der Waals surface area (Å²) >= 11 is 0. The van der Waals surface area contributed by atoms with Crippen LogP contribution in [0.25, 0.3) is 0 Å². The molecule has 4 nitrogen and oxygen atoms in total. The van der Waals surface area contributed by atoms with Crippen molar-refractivity contribution in [2.45, 2.75) is 34.2 Å². The third kappa shape index (κ3) is 3.45. The van der Waals surface area contributed by atoms with Crippen LogP contribution in [0.1, 0.15) is 25.2 Å². The highest BCUT2D eigenvalue weighted by Gasteiger charge is 2.07. The molecule has 0 saturated heterocycles. The van der Waals surface area contributed by atoms with Gasteiger partial charge in [-0.25, -0.2) is 4.79 Å². The van der Waals surface area contributed by atoms with Gasteiger partial charge in [0.2, 0.25) is 0 Å². The van der Waals surface area contributed by atoms with Crippen molar-refractivity contribution in [3.63, 3.8) is 0 Å². The van der Waals surface area contributed by atoms with Gasteiger partial charge in [-0.2, -0.15) is 4.98 Å². The Morgan fingerprint density at radius 2 is 2.19 bits per heavy atom. The fourth-order valence-electron chi connectivity index (χ4n) is 1.76. The van der Waals surface area contributed by atoms with Gasteiger partial charge in [-0.05, 0) is 38.9 Å². The largest absolute Gasteiger partial charge is 0.347 e. The zero-order valence-electron chi connectivity index (χ0n) is 10.6. The Bertz CT molecular complexity index is 398. The van der Waals surface area contributed by atoms with E-state index in [-0.39, 0.29) is 5.69 Å². The lowest BCUT2D eigenvalue weighted by atomic mass is 10.1. The van der Waals surface area contributed by atoms with Crippen molar-refractivity contribution < 1.29 is 0 Å². The number of hydrogen-bond donors (Lipinski definition) is 1. The first-order valence-corrected chi connectivity index (χ1v) is 5.80. The first kappa shape index (κ1) is 12.9. The normalized spacial score (nSPS) is 12.8. The minimum Gasteiger partial charge on any atom is -0.317 e. The van der Waals surface area contributed by atoms with Gasteiger partial charge in [0.25, 0.3) is 0 Å². The summed E-state index contributed by atoms with van der Waals surface area (Å²) in [5.74, 6) is 0.431. The maximum Gasteiger partial charge on any atom is 0.347 e. The van der Waals surface area contributed by atoms with Gasteiger partial charge in [0.05, 0.1) is 0 Å². The van der Waals surface area contributed by atoms with Crippen molar-refractivity contribution in [1.29, 1.82) is 0 Å². The second-order valence-electron chi connectivity index (χ2n) is 4.34. The predicted molar refractivity (Wildman–Crippen MR) is 65.7 cm³/mol. The Morgan fingerprint density at radius 1 is 1.50 bits per heavy atom. The third-order valence-electron chi connectivity index (χ3n) is 2.58. The van der Waals surface area contributed by atoms with Gasteiger partial charge in [-0.3, -0.25) is 4.57 Å². The van der Waals surface area contributed by atoms with Crippen LogP contribution >= 0.6 is 0 Å². The molecule has 1 aromatic rings. The molecule has 1 N–H and O–H groups in total. The van der Waals surface area contributed by atoms with Gasteiger partial charge in [0.1, 0.15) is 0 Å². The van der Waals surface area contributed by atoms with E-state index in [0.29, 0.717) is 5.92 Å². The summed E-state index contributed by atoms with van der Waals surface area (Å²) in [5, 5.41) is 3.28. The van der Waals surface area contributed by atoms with Crippen LogP contribution in [0.15, 0.2) is 10.9 Å². The predicted octanol–water partition coefficient (Wildman–Crippen LogP) is 1.11. The van der Waals surface area contributed by atoms with E-state index in [1.165, 1.54) is 0 Å². The van der Waals surface area contributed by atoms with Gasteiger partial charge in [0.15, 0.2) is 0 Å². The molecule has 16 heavy (non-hydrogen) atoms. The first-order valence-electron chi connectivity index (χ1n) is 5.80. The molecule has 0 aliphatic carbocycles. The molecule has 0 aromatic carbocycles. The zero-order chi connectivity index (χ0) is 12.1. The van der Waals surface area contributed by atoms with Gasteiger partial charge in [0, 0.05) is 17.9 Å². The molecule has 1 rings (SSSR count). The van der Waals surface area contributed by atoms with E-state index in [4.69, 9.17) is 0 Å². The van der Waals surface area contributed by atoms with Crippen LogP contribution in [0.3, 0.4) is 0 Å². The molecule has 0 fully saturated rings. The van der Waals surface area contributed by atoms with Crippen LogP contribution in [0, 0.1) is 19.8 Å². The summed E-state index contributed by atoms with van der Waals surface area (Å²) in [7, 11) is 0. The summed E-state index contributed by atoms with van der Waals surface area (Å²) in [4.78, 5) is 15.7. The molecule has 0 amide bonds. The van der Waals surface area contributed by atoms with E-state index in [1.54, 1.807) is 4.57 Å². The summed E-state index contributed by atoms with van der Waals surface area (Å²) in [6.45, 7) is 10.6. The average molecular weight is 223 g/mol. The summed E-state index contributed by atoms with van der Waals surface area (Å²) < 4.78 is 1.75. The number of nitrogens with zero attached hydrogens (tertiary/aromatic N) is 2. The molecule has 0 aliphatic heterocycles. The lowest BCUT2D eigenvalue weighted by Crippen LogP contribution is -2.31. The maximum atomic E-state index is 11.7. The van der Waals surface area contributed by atoms with Crippen LogP contribution in [-0.2, 0) is 6.54 Å². The quantitative estimate of drug-likeness (QED) is 0.813. The molecule has 4 heteroatoms. The maximum absolute atomic E-state index is 11.7. The molecule has 0 saturated carbocycles. The molecule has 0 aliphatic rings. The summed E-state index contributed by atoms with van der Waals surface area (Å²) in [6, 6.07) is 1.95. The Labute approximate surface area is 96.7 Å². The van der Waals surface area contributed by atoms with E-state index in [9.17, 15) is 4.79 Å². The van der Waals surface area contributed by atoms with Crippen LogP contribution < -0.4 is 11.0 Å². The van der Waals surface area contributed by atoms with Crippen LogP contribution in [0.4, 0.5) is 0 Å². The van der Waals surface area contributed by atoms with Crippen LogP contribution in [0.5, 0.6) is 0 Å². The Hall–Kier alpha value is -1.16. The Morgan fingerprint density at radius 3 is 2.75 bits per heavy atom. The Kier molecular flexibility index (Phi) is 4.68. The molecule has 1 heterocycles. The molecule has 1 unspecified atom stereocenters. The molecule has 0 spiro atoms. The molecule has 90 valence electrons. The van der Waals surface area contributed by atoms with E-state index >= 15 is 0 Å². The number of aryl methyl sites for hydroxylation is 2. The van der Waals surface area contributed by atoms with Crippen molar-refractivity contribution in [1.82, 2.24) is 14.9 Å². The van der Waals surface area contributed by atoms with Crippen molar-refractivity contribution in [3.05, 3.63) is 27.9 Å². The lowest BCUT2D eigenvalue weighted by molar-refractivity contribution is 0.434. The molecule has 0 radical (unpaired) electrons. The van der Waals surface area contributed by atoms with Crippen molar-refractivity contribution in [2.24, 2.45) is 5.92 Å². The SMILES string of the molecule is CCNCC(C)Cn1c(C)cc(C)nc1=O. The number of rotatable bonds is 5. The highest BCUT2D eigenvalue weighted by atomic mass is 16.1. The van der Waals surface area contributed by atoms with Gasteiger partial charge in [-0.15, -0.1) is 0 Å². The van der Waals surface area contributed by atoms with E-state index in [1.807, 2.05) is 19.9 Å². The summed E-state index contributed by atoms with van der Waals surface area (Å²) in [6.07, 6.45) is 0. The van der Waals surface area contributed by atoms with Gasteiger partial charge in [-0.1, -0.05) is 13.8 Å². The fraction of sp³-hybridized carbons (Fsp3) is 0.667. The Balaban J connectivity index is 2.77. The standard InChI is InChI=1S/C12H21N3O/c1-5-13-7-9(2)8-15-11(4)6-10(3)14-12(15)16/h6,9,13H,5,7-8H2,1-4H3. The molecule has 1 aromatic heterocycles. The van der Waals surface area contributed by atoms with Crippen LogP contribution in [-0.4, -0.2) is 22.6 Å². The lowest BCUT2D eigenvalue weighted by Gasteiger charge is -2.15. The minimum atomic E-state index is -0.138. The van der Waals surface area contributed by atoms with Crippen LogP contribution in [0.2, 0.25) is 0 Å². The topological polar surface area (TPSA) is 46.9 Å². The highest BCUT2D eigenvalue weighted by molar-refractivity contribution is 5.06. The molecular weight excluding hydrogens is 202 g/mol. The number of hydrogen-bond acceptors (Lipinski definition) is 3. The number of aromatic nitrogens is 2. The number of nitrogens with one attached hydrogen (secondary N) is 1. The zero-order valence-corrected chi connectivity index (χ0v) is 10.6. The first-order chi connectivity index (χ1) is 7.54. The monoisotopic (exact) mass is 223 g/mol. The smallest absolute Gasteiger partial charge is 0.317 e.